The van der Waals surface area contributed by atoms with E-state index in [1.165, 1.54) is 11.3 Å². The maximum atomic E-state index is 10.2. The fourth-order valence-corrected chi connectivity index (χ4v) is 3.22. The summed E-state index contributed by atoms with van der Waals surface area (Å²) in [6, 6.07) is 15.4. The maximum absolute atomic E-state index is 10.2. The molecule has 0 saturated carbocycles. The zero-order chi connectivity index (χ0) is 18.4. The van der Waals surface area contributed by atoms with E-state index in [0.29, 0.717) is 12.3 Å². The molecule has 1 aliphatic heterocycles. The molecule has 0 spiro atoms. The number of hydrogen-bond donors (Lipinski definition) is 2. The molecule has 1 aliphatic rings. The van der Waals surface area contributed by atoms with Crippen LogP contribution in [-0.2, 0) is 6.42 Å². The van der Waals surface area contributed by atoms with Crippen molar-refractivity contribution in [2.24, 2.45) is 0 Å². The van der Waals surface area contributed by atoms with E-state index in [9.17, 15) is 10.2 Å². The highest BCUT2D eigenvalue weighted by molar-refractivity contribution is 5.48. The van der Waals surface area contributed by atoms with Gasteiger partial charge >= 0.3 is 0 Å². The number of anilines is 1. The molecule has 0 amide bonds. The van der Waals surface area contributed by atoms with Crippen molar-refractivity contribution in [3.8, 4) is 11.5 Å². The van der Waals surface area contributed by atoms with Crippen molar-refractivity contribution in [2.75, 3.05) is 44.2 Å². The number of piperazine rings is 1. The van der Waals surface area contributed by atoms with Gasteiger partial charge in [0, 0.05) is 38.4 Å². The van der Waals surface area contributed by atoms with Crippen LogP contribution in [0.5, 0.6) is 11.5 Å². The molecule has 1 saturated heterocycles. The lowest BCUT2D eigenvalue weighted by Crippen LogP contribution is -2.49. The van der Waals surface area contributed by atoms with Crippen molar-refractivity contribution < 1.29 is 14.9 Å². The Morgan fingerprint density at radius 2 is 1.62 bits per heavy atom. The highest BCUT2D eigenvalue weighted by Gasteiger charge is 2.19. The molecule has 5 nitrogen and oxygen atoms in total. The number of aromatic hydroxyl groups is 1. The Kier molecular flexibility index (Phi) is 6.36. The van der Waals surface area contributed by atoms with E-state index in [4.69, 9.17) is 4.74 Å². The predicted molar refractivity (Wildman–Crippen MR) is 104 cm³/mol. The number of β-amino-alcohol motifs (C(OH)–C–C–N with tert-alkyl or cyclic N) is 1. The minimum atomic E-state index is -0.529. The molecule has 26 heavy (non-hydrogen) atoms. The van der Waals surface area contributed by atoms with Crippen LogP contribution in [0, 0.1) is 0 Å². The second-order valence-electron chi connectivity index (χ2n) is 6.77. The third-order valence-corrected chi connectivity index (χ3v) is 4.83. The smallest absolute Gasteiger partial charge is 0.119 e. The highest BCUT2D eigenvalue weighted by atomic mass is 16.5. The first-order chi connectivity index (χ1) is 12.6. The summed E-state index contributed by atoms with van der Waals surface area (Å²) in [4.78, 5) is 4.68. The van der Waals surface area contributed by atoms with Gasteiger partial charge in [-0.2, -0.15) is 0 Å². The molecule has 1 heterocycles. The minimum Gasteiger partial charge on any atom is -0.508 e. The third-order valence-electron chi connectivity index (χ3n) is 4.83. The van der Waals surface area contributed by atoms with Gasteiger partial charge in [0.05, 0.1) is 0 Å². The Morgan fingerprint density at radius 3 is 2.23 bits per heavy atom. The van der Waals surface area contributed by atoms with Gasteiger partial charge in [-0.05, 0) is 48.4 Å². The number of aryl methyl sites for hydroxylation is 1. The summed E-state index contributed by atoms with van der Waals surface area (Å²) < 4.78 is 5.58. The van der Waals surface area contributed by atoms with Crippen LogP contribution in [0.1, 0.15) is 12.5 Å². The van der Waals surface area contributed by atoms with E-state index in [0.717, 1.165) is 32.6 Å². The summed E-state index contributed by atoms with van der Waals surface area (Å²) in [5.41, 5.74) is 2.64. The van der Waals surface area contributed by atoms with Crippen LogP contribution in [0.3, 0.4) is 0 Å². The first-order valence-corrected chi connectivity index (χ1v) is 9.30. The molecule has 2 aromatic carbocycles. The lowest BCUT2D eigenvalue weighted by Gasteiger charge is -2.37. The molecule has 2 aromatic rings. The van der Waals surface area contributed by atoms with Gasteiger partial charge in [0.15, 0.2) is 0 Å². The van der Waals surface area contributed by atoms with Crippen molar-refractivity contribution in [1.29, 1.82) is 0 Å². The fourth-order valence-electron chi connectivity index (χ4n) is 3.22. The zero-order valence-electron chi connectivity index (χ0n) is 15.3. The average molecular weight is 356 g/mol. The van der Waals surface area contributed by atoms with E-state index in [1.54, 1.807) is 24.3 Å². The van der Waals surface area contributed by atoms with E-state index in [1.807, 2.05) is 0 Å². The molecule has 0 radical (unpaired) electrons. The van der Waals surface area contributed by atoms with Gasteiger partial charge in [0.2, 0.25) is 0 Å². The Hall–Kier alpha value is -2.24. The molecule has 5 heteroatoms. The number of phenols is 1. The molecule has 140 valence electrons. The van der Waals surface area contributed by atoms with E-state index >= 15 is 0 Å². The van der Waals surface area contributed by atoms with E-state index in [-0.39, 0.29) is 12.4 Å². The summed E-state index contributed by atoms with van der Waals surface area (Å²) in [6.45, 7) is 6.85. The van der Waals surface area contributed by atoms with Gasteiger partial charge in [0.25, 0.3) is 0 Å². The minimum absolute atomic E-state index is 0.208. The SMILES string of the molecule is CCc1ccc(N2CCN(C[C@H](O)COc3ccc(O)cc3)CC2)cc1. The molecule has 0 aromatic heterocycles. The van der Waals surface area contributed by atoms with E-state index in [2.05, 4.69) is 41.0 Å². The van der Waals surface area contributed by atoms with Crippen molar-refractivity contribution in [3.63, 3.8) is 0 Å². The van der Waals surface area contributed by atoms with Crippen LogP contribution in [0.4, 0.5) is 5.69 Å². The molecule has 1 atom stereocenters. The molecule has 0 unspecified atom stereocenters. The summed E-state index contributed by atoms with van der Waals surface area (Å²) >= 11 is 0. The lowest BCUT2D eigenvalue weighted by molar-refractivity contribution is 0.0663. The van der Waals surface area contributed by atoms with Gasteiger partial charge < -0.3 is 19.8 Å². The Bertz CT molecular complexity index is 665. The molecule has 0 bridgehead atoms. The molecule has 0 aliphatic carbocycles. The number of aliphatic hydroxyl groups excluding tert-OH is 1. The second kappa shape index (κ2) is 8.92. The van der Waals surface area contributed by atoms with Crippen molar-refractivity contribution in [2.45, 2.75) is 19.4 Å². The number of phenolic OH excluding ortho intramolecular Hbond substituents is 1. The molecular weight excluding hydrogens is 328 g/mol. The number of rotatable bonds is 7. The average Bonchev–Trinajstić information content (AvgIpc) is 2.68. The summed E-state index contributed by atoms with van der Waals surface area (Å²) in [6.07, 6.45) is 0.539. The number of benzene rings is 2. The topological polar surface area (TPSA) is 56.2 Å². The summed E-state index contributed by atoms with van der Waals surface area (Å²) in [5, 5.41) is 19.5. The van der Waals surface area contributed by atoms with Gasteiger partial charge in [-0.25, -0.2) is 0 Å². The Balaban J connectivity index is 1.40. The van der Waals surface area contributed by atoms with Gasteiger partial charge in [-0.1, -0.05) is 19.1 Å². The lowest BCUT2D eigenvalue weighted by atomic mass is 10.1. The van der Waals surface area contributed by atoms with E-state index < -0.39 is 6.10 Å². The highest BCUT2D eigenvalue weighted by Crippen LogP contribution is 2.18. The Labute approximate surface area is 155 Å². The largest absolute Gasteiger partial charge is 0.508 e. The van der Waals surface area contributed by atoms with Crippen LogP contribution in [0.2, 0.25) is 0 Å². The molecular formula is C21H28N2O3. The quantitative estimate of drug-likeness (QED) is 0.798. The Morgan fingerprint density at radius 1 is 0.962 bits per heavy atom. The molecule has 3 rings (SSSR count). The molecule has 1 fully saturated rings. The monoisotopic (exact) mass is 356 g/mol. The number of hydrogen-bond acceptors (Lipinski definition) is 5. The first kappa shape index (κ1) is 18.5. The number of ether oxygens (including phenoxy) is 1. The van der Waals surface area contributed by atoms with Crippen molar-refractivity contribution in [1.82, 2.24) is 4.90 Å². The number of nitrogens with zero attached hydrogens (tertiary/aromatic N) is 2. The predicted octanol–water partition coefficient (Wildman–Crippen LogP) is 2.52. The van der Waals surface area contributed by atoms with Crippen LogP contribution < -0.4 is 9.64 Å². The standard InChI is InChI=1S/C21H28N2O3/c1-2-17-3-5-18(6-4-17)23-13-11-22(12-14-23)15-20(25)16-26-21-9-7-19(24)8-10-21/h3-10,20,24-25H,2,11-16H2,1H3/t20-/m0/s1. The normalized spacial score (nSPS) is 16.5. The summed E-state index contributed by atoms with van der Waals surface area (Å²) in [5.74, 6) is 0.863. The second-order valence-corrected chi connectivity index (χ2v) is 6.77. The number of aliphatic hydroxyl groups is 1. The van der Waals surface area contributed by atoms with Crippen molar-refractivity contribution >= 4 is 5.69 Å². The molecule has 2 N–H and O–H groups in total. The van der Waals surface area contributed by atoms with Crippen LogP contribution in [0.25, 0.3) is 0 Å². The fraction of sp³-hybridized carbons (Fsp3) is 0.429. The van der Waals surface area contributed by atoms with Gasteiger partial charge in [-0.15, -0.1) is 0 Å². The van der Waals surface area contributed by atoms with Crippen LogP contribution >= 0.6 is 0 Å². The zero-order valence-corrected chi connectivity index (χ0v) is 15.3. The third kappa shape index (κ3) is 5.13. The van der Waals surface area contributed by atoms with Crippen LogP contribution in [0.15, 0.2) is 48.5 Å². The van der Waals surface area contributed by atoms with Gasteiger partial charge in [0.1, 0.15) is 24.2 Å². The van der Waals surface area contributed by atoms with Crippen LogP contribution in [-0.4, -0.2) is 60.5 Å². The van der Waals surface area contributed by atoms with Gasteiger partial charge in [-0.3, -0.25) is 4.90 Å². The first-order valence-electron chi connectivity index (χ1n) is 9.30. The van der Waals surface area contributed by atoms with Crippen molar-refractivity contribution in [3.05, 3.63) is 54.1 Å². The maximum Gasteiger partial charge on any atom is 0.119 e. The summed E-state index contributed by atoms with van der Waals surface area (Å²) in [7, 11) is 0.